The summed E-state index contributed by atoms with van der Waals surface area (Å²) < 4.78 is 68.1. The topological polar surface area (TPSA) is 77.8 Å². The molecule has 0 heterocycles. The van der Waals surface area contributed by atoms with Crippen molar-refractivity contribution in [1.29, 1.82) is 0 Å². The van der Waals surface area contributed by atoms with Crippen molar-refractivity contribution in [3.05, 3.63) is 0 Å². The van der Waals surface area contributed by atoms with Crippen LogP contribution in [-0.4, -0.2) is 14.7 Å². The van der Waals surface area contributed by atoms with Gasteiger partial charge < -0.3 is 14.7 Å². The molecule has 0 aliphatic carbocycles. The Morgan fingerprint density at radius 3 is 0.833 bits per heavy atom. The maximum absolute atomic E-state index is 10.8. The van der Waals surface area contributed by atoms with Crippen molar-refractivity contribution in [3.8, 4) is 0 Å². The van der Waals surface area contributed by atoms with Gasteiger partial charge in [0.15, 0.2) is 0 Å². The van der Waals surface area contributed by atoms with Gasteiger partial charge in [0.25, 0.3) is 0 Å². The van der Waals surface area contributed by atoms with Crippen LogP contribution in [0.3, 0.4) is 0 Å². The monoisotopic (exact) mass is 268 g/mol. The van der Waals surface area contributed by atoms with E-state index in [0.29, 0.717) is 0 Å². The van der Waals surface area contributed by atoms with Crippen LogP contribution in [0.1, 0.15) is 0 Å². The molecule has 0 atom stereocenters. The zero-order valence-electron chi connectivity index (χ0n) is 4.82. The Bertz CT molecular complexity index is 173. The molecule has 0 spiro atoms. The van der Waals surface area contributed by atoms with Crippen LogP contribution in [0.15, 0.2) is 0 Å². The first kappa shape index (κ1) is 14.7. The summed E-state index contributed by atoms with van der Waals surface area (Å²) in [5.74, 6) is 0. The van der Waals surface area contributed by atoms with E-state index in [1.54, 1.807) is 0 Å². The third-order valence-electron chi connectivity index (χ3n) is 0. The van der Waals surface area contributed by atoms with Gasteiger partial charge in [-0.2, -0.15) is 0 Å². The number of hydrogen-bond acceptors (Lipinski definition) is 1. The fourth-order valence-electron chi connectivity index (χ4n) is 0. The Hall–Kier alpha value is 0.209. The minimum atomic E-state index is -10.8. The van der Waals surface area contributed by atoms with E-state index >= 15 is 0 Å². The summed E-state index contributed by atoms with van der Waals surface area (Å²) in [7, 11) is -4.64. The first-order chi connectivity index (χ1) is 4.45. The van der Waals surface area contributed by atoms with Gasteiger partial charge in [0.2, 0.25) is 0 Å². The molecular formula is H3F6FeO4P. The summed E-state index contributed by atoms with van der Waals surface area (Å²) in [6.45, 7) is 0. The Labute approximate surface area is 62.8 Å². The number of hydrogen-bond donors (Lipinski definition) is 3. The molecule has 0 aliphatic heterocycles. The molecule has 3 N–H and O–H groups in total. The van der Waals surface area contributed by atoms with Gasteiger partial charge in [0.05, 0.1) is 0 Å². The van der Waals surface area contributed by atoms with Crippen LogP contribution in [-0.2, 0) is 18.0 Å². The quantitative estimate of drug-likeness (QED) is 0.354. The van der Waals surface area contributed by atoms with E-state index in [1.807, 2.05) is 0 Å². The molecule has 0 saturated heterocycles. The maximum atomic E-state index is 9.88. The second-order valence-electron chi connectivity index (χ2n) is 1.27. The Kier molecular flexibility index (Phi) is 3.19. The molecule has 0 fully saturated rings. The van der Waals surface area contributed by atoms with Crippen molar-refractivity contribution in [2.24, 2.45) is 0 Å². The summed E-state index contributed by atoms with van der Waals surface area (Å²) in [5.41, 5.74) is 0. The van der Waals surface area contributed by atoms with Gasteiger partial charge >= 0.3 is 42.6 Å². The second kappa shape index (κ2) is 2.60. The fraction of sp³-hybridized carbons (Fsp3) is 0. The van der Waals surface area contributed by atoms with Gasteiger partial charge in [0.1, 0.15) is 0 Å². The predicted molar refractivity (Wildman–Crippen MR) is 20.9 cm³/mol. The van der Waals surface area contributed by atoms with Crippen molar-refractivity contribution in [2.45, 2.75) is 0 Å². The number of halogens is 6. The van der Waals surface area contributed by atoms with Crippen molar-refractivity contribution in [2.75, 3.05) is 0 Å². The molecule has 0 rings (SSSR count). The van der Waals surface area contributed by atoms with Crippen LogP contribution in [0, 0.1) is 0 Å². The second-order valence-corrected chi connectivity index (χ2v) is 4.66. The summed E-state index contributed by atoms with van der Waals surface area (Å²) >= 11 is -10.8. The van der Waals surface area contributed by atoms with E-state index in [-0.39, 0.29) is 0 Å². The van der Waals surface area contributed by atoms with Crippen molar-refractivity contribution in [3.63, 3.8) is 0 Å². The molecule has 4 nitrogen and oxygen atoms in total. The van der Waals surface area contributed by atoms with Crippen LogP contribution in [0.4, 0.5) is 21.3 Å². The zero-order valence-corrected chi connectivity index (χ0v) is 6.82. The molecule has 0 aromatic heterocycles. The standard InChI is InChI=1S/6FH.Fe.H3O4P/c;;;;;;;1-5(2,3)4/h6*1H;;(H3,1,2,3,4)/q;;;;;;+6;/p-6. The Morgan fingerprint density at radius 1 is 0.833 bits per heavy atom. The summed E-state index contributed by atoms with van der Waals surface area (Å²) in [6.07, 6.45) is 0. The normalized spacial score (nSPS) is 18.4. The predicted octanol–water partition coefficient (Wildman–Crippen LogP) is 1.59. The van der Waals surface area contributed by atoms with Gasteiger partial charge in [0, 0.05) is 0 Å². The molecule has 0 aromatic carbocycles. The van der Waals surface area contributed by atoms with Gasteiger partial charge in [-0.3, -0.25) is 0 Å². The fourth-order valence-corrected chi connectivity index (χ4v) is 0. The van der Waals surface area contributed by atoms with Gasteiger partial charge in [-0.05, 0) is 0 Å². The molecule has 0 aromatic rings. The average molecular weight is 268 g/mol. The van der Waals surface area contributed by atoms with Crippen LogP contribution in [0.5, 0.6) is 0 Å². The third-order valence-corrected chi connectivity index (χ3v) is 0. The number of phosphoric acid groups is 1. The van der Waals surface area contributed by atoms with E-state index in [0.717, 1.165) is 0 Å². The van der Waals surface area contributed by atoms with E-state index in [4.69, 9.17) is 19.2 Å². The minimum absolute atomic E-state index is 4.64. The van der Waals surface area contributed by atoms with Gasteiger partial charge in [-0.1, -0.05) is 0 Å². The first-order valence-electron chi connectivity index (χ1n) is 1.58. The molecule has 0 aliphatic rings. The van der Waals surface area contributed by atoms with E-state index in [1.165, 1.54) is 0 Å². The molecule has 12 heteroatoms. The molecule has 0 unspecified atom stereocenters. The van der Waals surface area contributed by atoms with Crippen molar-refractivity contribution in [1.82, 2.24) is 0 Å². The van der Waals surface area contributed by atoms with Crippen LogP contribution in [0.25, 0.3) is 0 Å². The molecule has 0 radical (unpaired) electrons. The molecule has 12 heavy (non-hydrogen) atoms. The summed E-state index contributed by atoms with van der Waals surface area (Å²) in [4.78, 5) is 21.6. The van der Waals surface area contributed by atoms with Crippen molar-refractivity contribution < 1.29 is 54.0 Å². The molecule has 0 amide bonds. The summed E-state index contributed by atoms with van der Waals surface area (Å²) in [6, 6.07) is 0. The Balaban J connectivity index is 0. The zero-order chi connectivity index (χ0) is 10.9. The van der Waals surface area contributed by atoms with E-state index in [2.05, 4.69) is 0 Å². The molecular weight excluding hydrogens is 265 g/mol. The molecule has 0 bridgehead atoms. The first-order valence-corrected chi connectivity index (χ1v) is 5.65. The Morgan fingerprint density at radius 2 is 0.833 bits per heavy atom. The third kappa shape index (κ3) is 19700. The van der Waals surface area contributed by atoms with Crippen molar-refractivity contribution >= 4 is 7.82 Å². The van der Waals surface area contributed by atoms with Gasteiger partial charge in [-0.15, -0.1) is 0 Å². The van der Waals surface area contributed by atoms with Crippen LogP contribution < -0.4 is 0 Å². The van der Waals surface area contributed by atoms with Gasteiger partial charge in [-0.25, -0.2) is 4.57 Å². The van der Waals surface area contributed by atoms with E-state index < -0.39 is 21.3 Å². The molecule has 0 saturated carbocycles. The van der Waals surface area contributed by atoms with Crippen LogP contribution >= 0.6 is 7.82 Å². The average Bonchev–Trinajstić information content (AvgIpc) is 1.04. The van der Waals surface area contributed by atoms with Crippen LogP contribution in [0.2, 0.25) is 0 Å². The summed E-state index contributed by atoms with van der Waals surface area (Å²) in [5, 5.41) is 0. The molecule has 82 valence electrons. The number of rotatable bonds is 0. The van der Waals surface area contributed by atoms with E-state index in [9.17, 15) is 21.3 Å². The SMILES string of the molecule is O=P(O)(O)O.[F][Fe]([F])([F])([F])([F])[F].